The Hall–Kier alpha value is -3.15. The van der Waals surface area contributed by atoms with Crippen LogP contribution in [0.2, 0.25) is 0 Å². The topological polar surface area (TPSA) is 64.4 Å². The van der Waals surface area contributed by atoms with E-state index in [1.54, 1.807) is 11.8 Å². The lowest BCUT2D eigenvalue weighted by Crippen LogP contribution is -2.24. The van der Waals surface area contributed by atoms with E-state index in [2.05, 4.69) is 0 Å². The third-order valence-corrected chi connectivity index (χ3v) is 5.11. The maximum absolute atomic E-state index is 12.7. The molecule has 0 saturated carbocycles. The fraction of sp³-hybridized carbons (Fsp3) is 0.318. The van der Waals surface area contributed by atoms with Gasteiger partial charge in [0.15, 0.2) is 0 Å². The highest BCUT2D eigenvalue weighted by Crippen LogP contribution is 2.33. The molecule has 1 atom stereocenters. The van der Waals surface area contributed by atoms with E-state index in [4.69, 9.17) is 9.72 Å². The van der Waals surface area contributed by atoms with Crippen molar-refractivity contribution in [1.82, 2.24) is 9.55 Å². The number of carbonyl (C=O) groups is 2. The standard InChI is InChI=1S/C22H23N3O3/c1-3-28-21(27)14-25-19-7-5-4-6-18(19)23-22(25)16-12-20(26)24(13-16)17-10-8-15(2)9-11-17/h4-11,16H,3,12-14H2,1-2H3/t16-/m0/s1. The van der Waals surface area contributed by atoms with Crippen LogP contribution in [0.1, 0.15) is 30.7 Å². The summed E-state index contributed by atoms with van der Waals surface area (Å²) in [6.45, 7) is 4.80. The molecular formula is C22H23N3O3. The fourth-order valence-electron chi connectivity index (χ4n) is 3.76. The quantitative estimate of drug-likeness (QED) is 0.639. The Kier molecular flexibility index (Phi) is 4.86. The molecule has 28 heavy (non-hydrogen) atoms. The lowest BCUT2D eigenvalue weighted by molar-refractivity contribution is -0.143. The van der Waals surface area contributed by atoms with Gasteiger partial charge in [-0.25, -0.2) is 4.98 Å². The fourth-order valence-corrected chi connectivity index (χ4v) is 3.76. The largest absolute Gasteiger partial charge is 0.465 e. The number of nitrogens with zero attached hydrogens (tertiary/aromatic N) is 3. The molecule has 0 spiro atoms. The first-order valence-electron chi connectivity index (χ1n) is 9.54. The zero-order valence-corrected chi connectivity index (χ0v) is 16.1. The second kappa shape index (κ2) is 7.46. The summed E-state index contributed by atoms with van der Waals surface area (Å²) in [7, 11) is 0. The molecule has 0 aliphatic carbocycles. The number of aromatic nitrogens is 2. The highest BCUT2D eigenvalue weighted by Gasteiger charge is 2.35. The van der Waals surface area contributed by atoms with Gasteiger partial charge in [0.2, 0.25) is 5.91 Å². The first-order valence-corrected chi connectivity index (χ1v) is 9.54. The monoisotopic (exact) mass is 377 g/mol. The molecule has 0 N–H and O–H groups in total. The van der Waals surface area contributed by atoms with Gasteiger partial charge in [0.25, 0.3) is 0 Å². The predicted molar refractivity (Wildman–Crippen MR) is 107 cm³/mol. The smallest absolute Gasteiger partial charge is 0.326 e. The van der Waals surface area contributed by atoms with Gasteiger partial charge in [-0.15, -0.1) is 0 Å². The molecule has 144 valence electrons. The van der Waals surface area contributed by atoms with Crippen molar-refractivity contribution >= 4 is 28.6 Å². The lowest BCUT2D eigenvalue weighted by atomic mass is 10.1. The van der Waals surface area contributed by atoms with Crippen LogP contribution < -0.4 is 4.90 Å². The van der Waals surface area contributed by atoms with Gasteiger partial charge in [0.1, 0.15) is 12.4 Å². The summed E-state index contributed by atoms with van der Waals surface area (Å²) < 4.78 is 7.03. The number of carbonyl (C=O) groups excluding carboxylic acids is 2. The van der Waals surface area contributed by atoms with Crippen LogP contribution in [0.3, 0.4) is 0 Å². The van der Waals surface area contributed by atoms with Crippen molar-refractivity contribution in [1.29, 1.82) is 0 Å². The van der Waals surface area contributed by atoms with E-state index >= 15 is 0 Å². The Labute approximate surface area is 163 Å². The maximum atomic E-state index is 12.7. The van der Waals surface area contributed by atoms with Crippen LogP contribution in [-0.4, -0.2) is 34.6 Å². The number of imidazole rings is 1. The minimum Gasteiger partial charge on any atom is -0.465 e. The van der Waals surface area contributed by atoms with Crippen LogP contribution in [0.4, 0.5) is 5.69 Å². The zero-order valence-electron chi connectivity index (χ0n) is 16.1. The van der Waals surface area contributed by atoms with E-state index in [1.165, 1.54) is 0 Å². The van der Waals surface area contributed by atoms with Crippen LogP contribution >= 0.6 is 0 Å². The summed E-state index contributed by atoms with van der Waals surface area (Å²) in [6.07, 6.45) is 0.375. The molecule has 0 bridgehead atoms. The van der Waals surface area contributed by atoms with Crippen molar-refractivity contribution < 1.29 is 14.3 Å². The normalized spacial score (nSPS) is 16.7. The second-order valence-electron chi connectivity index (χ2n) is 7.09. The summed E-state index contributed by atoms with van der Waals surface area (Å²) in [5, 5.41) is 0. The minimum absolute atomic E-state index is 0.0728. The number of esters is 1. The molecule has 1 fully saturated rings. The second-order valence-corrected chi connectivity index (χ2v) is 7.09. The Balaban J connectivity index is 1.68. The van der Waals surface area contributed by atoms with Gasteiger partial charge in [-0.3, -0.25) is 9.59 Å². The van der Waals surface area contributed by atoms with E-state index in [-0.39, 0.29) is 24.3 Å². The highest BCUT2D eigenvalue weighted by molar-refractivity contribution is 5.96. The number of hydrogen-bond donors (Lipinski definition) is 0. The van der Waals surface area contributed by atoms with Crippen LogP contribution in [0.5, 0.6) is 0 Å². The number of hydrogen-bond acceptors (Lipinski definition) is 4. The number of benzene rings is 2. The van der Waals surface area contributed by atoms with Crippen molar-refractivity contribution in [2.45, 2.75) is 32.7 Å². The summed E-state index contributed by atoms with van der Waals surface area (Å²) in [5.74, 6) is 0.461. The van der Waals surface area contributed by atoms with Crippen molar-refractivity contribution in [3.8, 4) is 0 Å². The molecule has 6 nitrogen and oxygen atoms in total. The van der Waals surface area contributed by atoms with Crippen LogP contribution in [-0.2, 0) is 20.9 Å². The van der Waals surface area contributed by atoms with Crippen LogP contribution in [0, 0.1) is 6.92 Å². The van der Waals surface area contributed by atoms with Crippen molar-refractivity contribution in [3.63, 3.8) is 0 Å². The van der Waals surface area contributed by atoms with Gasteiger partial charge < -0.3 is 14.2 Å². The van der Waals surface area contributed by atoms with Gasteiger partial charge in [-0.05, 0) is 38.1 Å². The summed E-state index contributed by atoms with van der Waals surface area (Å²) in [5.41, 5.74) is 3.75. The SMILES string of the molecule is CCOC(=O)Cn1c([C@H]2CC(=O)N(c3ccc(C)cc3)C2)nc2ccccc21. The number of ether oxygens (including phenoxy) is 1. The van der Waals surface area contributed by atoms with Gasteiger partial charge in [0, 0.05) is 24.6 Å². The van der Waals surface area contributed by atoms with E-state index in [0.29, 0.717) is 19.6 Å². The van der Waals surface area contributed by atoms with Crippen molar-refractivity contribution in [3.05, 3.63) is 59.9 Å². The van der Waals surface area contributed by atoms with Crippen molar-refractivity contribution in [2.24, 2.45) is 0 Å². The number of fused-ring (bicyclic) bond motifs is 1. The maximum Gasteiger partial charge on any atom is 0.326 e. The average Bonchev–Trinajstić information content (AvgIpc) is 3.24. The summed E-state index contributed by atoms with van der Waals surface area (Å²) >= 11 is 0. The molecule has 1 aromatic heterocycles. The summed E-state index contributed by atoms with van der Waals surface area (Å²) in [6, 6.07) is 15.7. The van der Waals surface area contributed by atoms with Gasteiger partial charge in [-0.1, -0.05) is 29.8 Å². The molecule has 0 radical (unpaired) electrons. The predicted octanol–water partition coefficient (Wildman–Crippen LogP) is 3.43. The van der Waals surface area contributed by atoms with E-state index < -0.39 is 0 Å². The molecule has 2 heterocycles. The van der Waals surface area contributed by atoms with Gasteiger partial charge in [0.05, 0.1) is 17.6 Å². The number of anilines is 1. The molecule has 1 aliphatic heterocycles. The number of para-hydroxylation sites is 2. The third kappa shape index (κ3) is 3.38. The molecule has 1 aliphatic rings. The molecule has 4 rings (SSSR count). The molecule has 3 aromatic rings. The van der Waals surface area contributed by atoms with E-state index in [1.807, 2.05) is 60.0 Å². The Morgan fingerprint density at radius 1 is 1.18 bits per heavy atom. The van der Waals surface area contributed by atoms with Crippen LogP contribution in [0.25, 0.3) is 11.0 Å². The Bertz CT molecular complexity index is 1020. The third-order valence-electron chi connectivity index (χ3n) is 5.11. The zero-order chi connectivity index (χ0) is 19.7. The molecule has 2 aromatic carbocycles. The first-order chi connectivity index (χ1) is 13.6. The number of aryl methyl sites for hydroxylation is 1. The highest BCUT2D eigenvalue weighted by atomic mass is 16.5. The molecular weight excluding hydrogens is 354 g/mol. The average molecular weight is 377 g/mol. The summed E-state index contributed by atoms with van der Waals surface area (Å²) in [4.78, 5) is 31.4. The van der Waals surface area contributed by atoms with Crippen molar-refractivity contribution in [2.75, 3.05) is 18.1 Å². The number of amides is 1. The van der Waals surface area contributed by atoms with E-state index in [0.717, 1.165) is 28.1 Å². The molecule has 0 unspecified atom stereocenters. The number of rotatable bonds is 5. The van der Waals surface area contributed by atoms with Gasteiger partial charge in [-0.2, -0.15) is 0 Å². The molecule has 1 saturated heterocycles. The Morgan fingerprint density at radius 2 is 1.93 bits per heavy atom. The molecule has 6 heteroatoms. The first kappa shape index (κ1) is 18.2. The minimum atomic E-state index is -0.299. The van der Waals surface area contributed by atoms with Gasteiger partial charge >= 0.3 is 5.97 Å². The van der Waals surface area contributed by atoms with Crippen LogP contribution in [0.15, 0.2) is 48.5 Å². The molecule has 1 amide bonds. The lowest BCUT2D eigenvalue weighted by Gasteiger charge is -2.17. The van der Waals surface area contributed by atoms with E-state index in [9.17, 15) is 9.59 Å². The Morgan fingerprint density at radius 3 is 2.68 bits per heavy atom.